The minimum Gasteiger partial charge on any atom is -0.322 e. The zero-order valence-electron chi connectivity index (χ0n) is 14.5. The number of benzene rings is 1. The smallest absolute Gasteiger partial charge is 0.263 e. The molecule has 1 N–H and O–H groups in total. The topological polar surface area (TPSA) is 84.3 Å². The van der Waals surface area contributed by atoms with Crippen LogP contribution in [0.4, 0.5) is 10.1 Å². The van der Waals surface area contributed by atoms with Crippen molar-refractivity contribution < 1.29 is 17.6 Å². The van der Waals surface area contributed by atoms with E-state index in [9.17, 15) is 17.6 Å². The number of hydrogen-bond acceptors (Lipinski definition) is 4. The number of amides is 1. The number of carbonyl (C=O) groups excluding carboxylic acids is 1. The second kappa shape index (κ2) is 7.55. The van der Waals surface area contributed by atoms with Crippen LogP contribution in [0.3, 0.4) is 0 Å². The standard InChI is InChI=1S/C17H21FN4O3S/c1-21-12-15(16(23)19-14-8-6-13(18)7-9-14)17(20-21)26(24,25)22-10-4-2-3-5-11-22/h6-9,12H,2-5,10-11H2,1H3,(H,19,23). The number of aromatic nitrogens is 2. The van der Waals surface area contributed by atoms with Gasteiger partial charge in [0.1, 0.15) is 5.82 Å². The van der Waals surface area contributed by atoms with E-state index in [1.54, 1.807) is 7.05 Å². The van der Waals surface area contributed by atoms with E-state index in [4.69, 9.17) is 0 Å². The van der Waals surface area contributed by atoms with Crippen molar-refractivity contribution in [2.24, 2.45) is 7.05 Å². The van der Waals surface area contributed by atoms with E-state index in [-0.39, 0.29) is 10.6 Å². The van der Waals surface area contributed by atoms with E-state index >= 15 is 0 Å². The number of aryl methyl sites for hydroxylation is 1. The summed E-state index contributed by atoms with van der Waals surface area (Å²) in [5.74, 6) is -1.02. The molecule has 1 aromatic carbocycles. The van der Waals surface area contributed by atoms with Crippen LogP contribution >= 0.6 is 0 Å². The summed E-state index contributed by atoms with van der Waals surface area (Å²) in [5.41, 5.74) is 0.347. The third kappa shape index (κ3) is 3.94. The maximum absolute atomic E-state index is 13.0. The molecule has 26 heavy (non-hydrogen) atoms. The van der Waals surface area contributed by atoms with Gasteiger partial charge >= 0.3 is 0 Å². The molecular formula is C17H21FN4O3S. The van der Waals surface area contributed by atoms with E-state index in [2.05, 4.69) is 10.4 Å². The number of carbonyl (C=O) groups is 1. The lowest BCUT2D eigenvalue weighted by molar-refractivity contribution is 0.102. The van der Waals surface area contributed by atoms with Gasteiger partial charge in [0.05, 0.1) is 5.56 Å². The highest BCUT2D eigenvalue weighted by Crippen LogP contribution is 2.23. The summed E-state index contributed by atoms with van der Waals surface area (Å²) in [4.78, 5) is 12.6. The molecule has 2 aromatic rings. The zero-order valence-corrected chi connectivity index (χ0v) is 15.3. The van der Waals surface area contributed by atoms with Crippen molar-refractivity contribution in [3.63, 3.8) is 0 Å². The Kier molecular flexibility index (Phi) is 5.38. The van der Waals surface area contributed by atoms with Gasteiger partial charge in [0.15, 0.2) is 0 Å². The van der Waals surface area contributed by atoms with Crippen molar-refractivity contribution in [2.75, 3.05) is 18.4 Å². The molecule has 3 rings (SSSR count). The van der Waals surface area contributed by atoms with Crippen molar-refractivity contribution in [3.05, 3.63) is 41.8 Å². The number of halogens is 1. The summed E-state index contributed by atoms with van der Waals surface area (Å²) in [6.45, 7) is 0.857. The first kappa shape index (κ1) is 18.5. The van der Waals surface area contributed by atoms with Gasteiger partial charge in [-0.3, -0.25) is 9.48 Å². The van der Waals surface area contributed by atoms with E-state index in [1.807, 2.05) is 0 Å². The van der Waals surface area contributed by atoms with Crippen LogP contribution in [0.15, 0.2) is 35.5 Å². The summed E-state index contributed by atoms with van der Waals surface area (Å²) in [5, 5.41) is 6.37. The number of nitrogens with one attached hydrogen (secondary N) is 1. The average Bonchev–Trinajstić information content (AvgIpc) is 2.82. The monoisotopic (exact) mass is 380 g/mol. The average molecular weight is 380 g/mol. The molecule has 0 spiro atoms. The fourth-order valence-corrected chi connectivity index (χ4v) is 4.59. The fraction of sp³-hybridized carbons (Fsp3) is 0.412. The second-order valence-electron chi connectivity index (χ2n) is 6.30. The molecule has 1 aliphatic heterocycles. The Morgan fingerprint density at radius 3 is 2.35 bits per heavy atom. The molecule has 1 aliphatic rings. The van der Waals surface area contributed by atoms with Crippen LogP contribution in [0.5, 0.6) is 0 Å². The van der Waals surface area contributed by atoms with Crippen LogP contribution in [0.25, 0.3) is 0 Å². The summed E-state index contributed by atoms with van der Waals surface area (Å²) in [6, 6.07) is 5.25. The number of sulfonamides is 1. The molecule has 1 aromatic heterocycles. The molecule has 0 saturated carbocycles. The van der Waals surface area contributed by atoms with Gasteiger partial charge < -0.3 is 5.32 Å². The molecule has 1 amide bonds. The van der Waals surface area contributed by atoms with Crippen molar-refractivity contribution in [2.45, 2.75) is 30.7 Å². The van der Waals surface area contributed by atoms with Gasteiger partial charge in [0, 0.05) is 32.0 Å². The van der Waals surface area contributed by atoms with Crippen LogP contribution in [0.2, 0.25) is 0 Å². The molecule has 0 radical (unpaired) electrons. The molecule has 0 aliphatic carbocycles. The summed E-state index contributed by atoms with van der Waals surface area (Å²) in [7, 11) is -2.29. The Hall–Kier alpha value is -2.26. The van der Waals surface area contributed by atoms with Gasteiger partial charge in [-0.15, -0.1) is 0 Å². The Bertz CT molecular complexity index is 885. The lowest BCUT2D eigenvalue weighted by atomic mass is 10.2. The van der Waals surface area contributed by atoms with Gasteiger partial charge in [0.2, 0.25) is 5.03 Å². The molecule has 9 heteroatoms. The highest BCUT2D eigenvalue weighted by Gasteiger charge is 2.32. The first-order valence-electron chi connectivity index (χ1n) is 8.48. The lowest BCUT2D eigenvalue weighted by Crippen LogP contribution is -2.33. The number of nitrogens with zero attached hydrogens (tertiary/aromatic N) is 3. The Balaban J connectivity index is 1.89. The normalized spacial score (nSPS) is 16.2. The quantitative estimate of drug-likeness (QED) is 0.883. The molecule has 1 saturated heterocycles. The predicted molar refractivity (Wildman–Crippen MR) is 94.8 cm³/mol. The number of rotatable bonds is 4. The first-order chi connectivity index (χ1) is 12.4. The van der Waals surface area contributed by atoms with Crippen molar-refractivity contribution in [3.8, 4) is 0 Å². The van der Waals surface area contributed by atoms with Crippen LogP contribution in [-0.4, -0.2) is 41.5 Å². The van der Waals surface area contributed by atoms with Crippen molar-refractivity contribution in [1.82, 2.24) is 14.1 Å². The zero-order chi connectivity index (χ0) is 18.7. The molecule has 2 heterocycles. The van der Waals surface area contributed by atoms with E-state index < -0.39 is 21.7 Å². The summed E-state index contributed by atoms with van der Waals surface area (Å²) < 4.78 is 41.7. The third-order valence-electron chi connectivity index (χ3n) is 4.29. The highest BCUT2D eigenvalue weighted by atomic mass is 32.2. The SMILES string of the molecule is Cn1cc(C(=O)Nc2ccc(F)cc2)c(S(=O)(=O)N2CCCCCC2)n1. The van der Waals surface area contributed by atoms with Gasteiger partial charge in [0.25, 0.3) is 15.9 Å². The van der Waals surface area contributed by atoms with Crippen LogP contribution < -0.4 is 5.32 Å². The Labute approximate surface area is 151 Å². The maximum Gasteiger partial charge on any atom is 0.263 e. The Morgan fingerprint density at radius 1 is 1.12 bits per heavy atom. The van der Waals surface area contributed by atoms with E-state index in [1.165, 1.54) is 39.4 Å². The maximum atomic E-state index is 13.0. The molecule has 7 nitrogen and oxygen atoms in total. The largest absolute Gasteiger partial charge is 0.322 e. The molecule has 0 atom stereocenters. The number of anilines is 1. The van der Waals surface area contributed by atoms with E-state index in [0.717, 1.165) is 25.7 Å². The molecule has 1 fully saturated rings. The van der Waals surface area contributed by atoms with Crippen molar-refractivity contribution in [1.29, 1.82) is 0 Å². The first-order valence-corrected chi connectivity index (χ1v) is 9.92. The van der Waals surface area contributed by atoms with Gasteiger partial charge in [-0.2, -0.15) is 9.40 Å². The third-order valence-corrected chi connectivity index (χ3v) is 6.13. The Morgan fingerprint density at radius 2 is 1.73 bits per heavy atom. The van der Waals surface area contributed by atoms with Gasteiger partial charge in [-0.05, 0) is 37.1 Å². The minimum absolute atomic E-state index is 0.0268. The lowest BCUT2D eigenvalue weighted by Gasteiger charge is -2.19. The van der Waals surface area contributed by atoms with Gasteiger partial charge in [-0.25, -0.2) is 12.8 Å². The van der Waals surface area contributed by atoms with Crippen LogP contribution in [-0.2, 0) is 17.1 Å². The van der Waals surface area contributed by atoms with Gasteiger partial charge in [-0.1, -0.05) is 12.8 Å². The fourth-order valence-electron chi connectivity index (χ4n) is 2.95. The highest BCUT2D eigenvalue weighted by molar-refractivity contribution is 7.89. The number of hydrogen-bond donors (Lipinski definition) is 1. The molecular weight excluding hydrogens is 359 g/mol. The molecule has 140 valence electrons. The second-order valence-corrected chi connectivity index (χ2v) is 8.15. The van der Waals surface area contributed by atoms with Crippen LogP contribution in [0, 0.1) is 5.82 Å². The molecule has 0 unspecified atom stereocenters. The summed E-state index contributed by atoms with van der Waals surface area (Å²) in [6.07, 6.45) is 4.95. The van der Waals surface area contributed by atoms with Crippen LogP contribution in [0.1, 0.15) is 36.0 Å². The molecule has 0 bridgehead atoms. The van der Waals surface area contributed by atoms with E-state index in [0.29, 0.717) is 18.8 Å². The summed E-state index contributed by atoms with van der Waals surface area (Å²) >= 11 is 0. The van der Waals surface area contributed by atoms with Crippen molar-refractivity contribution >= 4 is 21.6 Å². The predicted octanol–water partition coefficient (Wildman–Crippen LogP) is 2.38. The minimum atomic E-state index is -3.86.